The quantitative estimate of drug-likeness (QED) is 0.419. The summed E-state index contributed by atoms with van der Waals surface area (Å²) in [5.41, 5.74) is 0. The van der Waals surface area contributed by atoms with Crippen LogP contribution in [0, 0.1) is 5.92 Å². The van der Waals surface area contributed by atoms with Crippen LogP contribution in [0.4, 0.5) is 0 Å². The lowest BCUT2D eigenvalue weighted by Crippen LogP contribution is -2.14. The zero-order valence-electron chi connectivity index (χ0n) is 5.91. The Bertz CT molecular complexity index is 178. The highest BCUT2D eigenvalue weighted by Crippen LogP contribution is 2.20. The van der Waals surface area contributed by atoms with Crippen LogP contribution in [0.15, 0.2) is 18.2 Å². The van der Waals surface area contributed by atoms with E-state index in [2.05, 4.69) is 0 Å². The van der Waals surface area contributed by atoms with Crippen LogP contribution >= 0.6 is 0 Å². The van der Waals surface area contributed by atoms with Gasteiger partial charge in [-0.1, -0.05) is 12.2 Å². The molecule has 1 rings (SSSR count). The SMILES string of the molecule is COC1CC=CC1C=C=O. The monoisotopic (exact) mass is 138 g/mol. The van der Waals surface area contributed by atoms with Gasteiger partial charge in [-0.05, 0) is 6.42 Å². The van der Waals surface area contributed by atoms with Crippen LogP contribution in [0.5, 0.6) is 0 Å². The summed E-state index contributed by atoms with van der Waals surface area (Å²) in [6.07, 6.45) is 6.55. The van der Waals surface area contributed by atoms with Gasteiger partial charge in [-0.25, -0.2) is 4.79 Å². The lowest BCUT2D eigenvalue weighted by atomic mass is 10.1. The molecule has 1 aliphatic rings. The molecule has 0 N–H and O–H groups in total. The molecular weight excluding hydrogens is 128 g/mol. The number of hydrogen-bond acceptors (Lipinski definition) is 2. The van der Waals surface area contributed by atoms with Crippen LogP contribution in [0.2, 0.25) is 0 Å². The van der Waals surface area contributed by atoms with Crippen molar-refractivity contribution in [1.82, 2.24) is 0 Å². The van der Waals surface area contributed by atoms with Gasteiger partial charge in [0.15, 0.2) is 0 Å². The Morgan fingerprint density at radius 2 is 2.60 bits per heavy atom. The summed E-state index contributed by atoms with van der Waals surface area (Å²) in [5.74, 6) is 1.91. The fourth-order valence-electron chi connectivity index (χ4n) is 1.15. The predicted octanol–water partition coefficient (Wildman–Crippen LogP) is 0.965. The van der Waals surface area contributed by atoms with Crippen LogP contribution in [-0.4, -0.2) is 19.2 Å². The highest BCUT2D eigenvalue weighted by molar-refractivity contribution is 5.47. The van der Waals surface area contributed by atoms with E-state index in [4.69, 9.17) is 4.74 Å². The van der Waals surface area contributed by atoms with E-state index in [1.54, 1.807) is 13.1 Å². The van der Waals surface area contributed by atoms with Crippen LogP contribution in [0.25, 0.3) is 0 Å². The molecule has 0 amide bonds. The molecule has 54 valence electrons. The maximum absolute atomic E-state index is 9.95. The third-order valence-electron chi connectivity index (χ3n) is 1.72. The molecule has 0 fully saturated rings. The topological polar surface area (TPSA) is 26.3 Å². The normalized spacial score (nSPS) is 30.1. The van der Waals surface area contributed by atoms with Crippen molar-refractivity contribution in [2.75, 3.05) is 7.11 Å². The third kappa shape index (κ3) is 1.35. The average molecular weight is 138 g/mol. The van der Waals surface area contributed by atoms with E-state index in [1.807, 2.05) is 12.2 Å². The molecule has 0 saturated carbocycles. The third-order valence-corrected chi connectivity index (χ3v) is 1.72. The number of methoxy groups -OCH3 is 1. The van der Waals surface area contributed by atoms with Gasteiger partial charge >= 0.3 is 0 Å². The molecule has 0 radical (unpaired) electrons. The zero-order valence-corrected chi connectivity index (χ0v) is 5.91. The minimum atomic E-state index is 0.141. The van der Waals surface area contributed by atoms with Crippen LogP contribution in [0.1, 0.15) is 6.42 Å². The Morgan fingerprint density at radius 1 is 1.80 bits per heavy atom. The Kier molecular flexibility index (Phi) is 2.43. The van der Waals surface area contributed by atoms with Gasteiger partial charge in [0.05, 0.1) is 6.10 Å². The van der Waals surface area contributed by atoms with E-state index in [0.717, 1.165) is 6.42 Å². The summed E-state index contributed by atoms with van der Waals surface area (Å²) in [4.78, 5) is 9.95. The van der Waals surface area contributed by atoms with E-state index in [0.29, 0.717) is 0 Å². The van der Waals surface area contributed by atoms with Crippen molar-refractivity contribution in [3.8, 4) is 0 Å². The van der Waals surface area contributed by atoms with Crippen molar-refractivity contribution >= 4 is 5.94 Å². The molecule has 1 aliphatic carbocycles. The number of rotatable bonds is 2. The molecule has 0 heterocycles. The first-order valence-electron chi connectivity index (χ1n) is 3.29. The van der Waals surface area contributed by atoms with Crippen molar-refractivity contribution < 1.29 is 9.53 Å². The van der Waals surface area contributed by atoms with Gasteiger partial charge in [0.1, 0.15) is 5.94 Å². The second-order valence-corrected chi connectivity index (χ2v) is 2.30. The summed E-state index contributed by atoms with van der Waals surface area (Å²) in [6, 6.07) is 0. The van der Waals surface area contributed by atoms with Crippen molar-refractivity contribution in [1.29, 1.82) is 0 Å². The van der Waals surface area contributed by atoms with Gasteiger partial charge < -0.3 is 4.74 Å². The van der Waals surface area contributed by atoms with E-state index >= 15 is 0 Å². The smallest absolute Gasteiger partial charge is 0.120 e. The predicted molar refractivity (Wildman–Crippen MR) is 38.3 cm³/mol. The van der Waals surface area contributed by atoms with E-state index in [-0.39, 0.29) is 12.0 Å². The number of ether oxygens (including phenoxy) is 1. The first-order valence-corrected chi connectivity index (χ1v) is 3.29. The fraction of sp³-hybridized carbons (Fsp3) is 0.500. The lowest BCUT2D eigenvalue weighted by molar-refractivity contribution is 0.0928. The Labute approximate surface area is 60.2 Å². The molecule has 0 aliphatic heterocycles. The molecule has 2 heteroatoms. The van der Waals surface area contributed by atoms with Crippen LogP contribution < -0.4 is 0 Å². The maximum atomic E-state index is 9.95. The van der Waals surface area contributed by atoms with Crippen LogP contribution in [-0.2, 0) is 9.53 Å². The van der Waals surface area contributed by atoms with Gasteiger partial charge in [0, 0.05) is 19.1 Å². The largest absolute Gasteiger partial charge is 0.380 e. The standard InChI is InChI=1S/C8H10O2/c1-10-8-4-2-3-7(8)5-6-9/h2-3,5,7-8H,4H2,1H3. The van der Waals surface area contributed by atoms with Crippen molar-refractivity contribution in [3.05, 3.63) is 18.2 Å². The second-order valence-electron chi connectivity index (χ2n) is 2.30. The molecule has 2 nitrogen and oxygen atoms in total. The van der Waals surface area contributed by atoms with Crippen molar-refractivity contribution in [2.45, 2.75) is 12.5 Å². The van der Waals surface area contributed by atoms with Gasteiger partial charge in [-0.3, -0.25) is 0 Å². The maximum Gasteiger partial charge on any atom is 0.120 e. The molecule has 2 unspecified atom stereocenters. The van der Waals surface area contributed by atoms with Gasteiger partial charge in [-0.15, -0.1) is 0 Å². The Balaban J connectivity index is 2.56. The van der Waals surface area contributed by atoms with E-state index in [9.17, 15) is 4.79 Å². The van der Waals surface area contributed by atoms with Gasteiger partial charge in [-0.2, -0.15) is 0 Å². The molecule has 0 saturated heterocycles. The summed E-state index contributed by atoms with van der Waals surface area (Å²) in [6.45, 7) is 0. The molecule has 2 atom stereocenters. The second kappa shape index (κ2) is 3.35. The molecule has 0 aromatic heterocycles. The first-order chi connectivity index (χ1) is 4.88. The van der Waals surface area contributed by atoms with Crippen LogP contribution in [0.3, 0.4) is 0 Å². The van der Waals surface area contributed by atoms with Crippen molar-refractivity contribution in [2.24, 2.45) is 5.92 Å². The molecule has 10 heavy (non-hydrogen) atoms. The van der Waals surface area contributed by atoms with Crippen molar-refractivity contribution in [3.63, 3.8) is 0 Å². The zero-order chi connectivity index (χ0) is 7.40. The minimum Gasteiger partial charge on any atom is -0.380 e. The molecule has 0 spiro atoms. The summed E-state index contributed by atoms with van der Waals surface area (Å²) in [7, 11) is 1.66. The molecule has 0 bridgehead atoms. The molecular formula is C8H10O2. The van der Waals surface area contributed by atoms with Gasteiger partial charge in [0.2, 0.25) is 0 Å². The number of hydrogen-bond donors (Lipinski definition) is 0. The van der Waals surface area contributed by atoms with Gasteiger partial charge in [0.25, 0.3) is 0 Å². The summed E-state index contributed by atoms with van der Waals surface area (Å²) < 4.78 is 5.10. The minimum absolute atomic E-state index is 0.141. The Hall–Kier alpha value is -0.850. The lowest BCUT2D eigenvalue weighted by Gasteiger charge is -2.11. The Morgan fingerprint density at radius 3 is 3.20 bits per heavy atom. The summed E-state index contributed by atoms with van der Waals surface area (Å²) >= 11 is 0. The highest BCUT2D eigenvalue weighted by atomic mass is 16.5. The fourth-order valence-corrected chi connectivity index (χ4v) is 1.15. The summed E-state index contributed by atoms with van der Waals surface area (Å²) in [5, 5.41) is 0. The average Bonchev–Trinajstić information content (AvgIpc) is 2.36. The highest BCUT2D eigenvalue weighted by Gasteiger charge is 2.19. The molecule has 0 aromatic rings. The van der Waals surface area contributed by atoms with E-state index < -0.39 is 0 Å². The molecule has 0 aromatic carbocycles. The van der Waals surface area contributed by atoms with E-state index in [1.165, 1.54) is 6.08 Å². The number of carbonyl (C=O) groups excluding carboxylic acids is 1. The first kappa shape index (κ1) is 7.26.